The van der Waals surface area contributed by atoms with Gasteiger partial charge in [-0.05, 0) is 43.5 Å². The van der Waals surface area contributed by atoms with Crippen molar-refractivity contribution in [2.24, 2.45) is 0 Å². The number of ether oxygens (including phenoxy) is 1. The molecule has 17 heavy (non-hydrogen) atoms. The lowest BCUT2D eigenvalue weighted by Crippen LogP contribution is -2.29. The molecule has 96 valence electrons. The zero-order valence-electron chi connectivity index (χ0n) is 10.9. The molecule has 0 saturated heterocycles. The van der Waals surface area contributed by atoms with Gasteiger partial charge in [0.2, 0.25) is 0 Å². The third kappa shape index (κ3) is 4.97. The fourth-order valence-corrected chi connectivity index (χ4v) is 1.78. The van der Waals surface area contributed by atoms with Crippen LogP contribution in [0.4, 0.5) is 0 Å². The van der Waals surface area contributed by atoms with E-state index in [0.717, 1.165) is 35.7 Å². The second-order valence-corrected chi connectivity index (χ2v) is 4.63. The quantitative estimate of drug-likeness (QED) is 0.751. The summed E-state index contributed by atoms with van der Waals surface area (Å²) in [6, 6.07) is 6.39. The zero-order valence-corrected chi connectivity index (χ0v) is 11.7. The first-order valence-electron chi connectivity index (χ1n) is 6.32. The Labute approximate surface area is 109 Å². The van der Waals surface area contributed by atoms with Gasteiger partial charge in [0.25, 0.3) is 0 Å². The molecule has 1 rings (SSSR count). The van der Waals surface area contributed by atoms with Crippen LogP contribution in [0.2, 0.25) is 5.02 Å². The van der Waals surface area contributed by atoms with Crippen LogP contribution < -0.4 is 10.1 Å². The topological polar surface area (TPSA) is 21.3 Å². The van der Waals surface area contributed by atoms with E-state index in [1.165, 1.54) is 0 Å². The fraction of sp³-hybridized carbons (Fsp3) is 0.571. The minimum absolute atomic E-state index is 0.551. The van der Waals surface area contributed by atoms with Crippen LogP contribution in [-0.2, 0) is 6.42 Å². The molecule has 0 saturated carbocycles. The minimum Gasteiger partial charge on any atom is -0.492 e. The largest absolute Gasteiger partial charge is 0.492 e. The van der Waals surface area contributed by atoms with Crippen molar-refractivity contribution in [2.45, 2.75) is 39.7 Å². The predicted octanol–water partition coefficient (Wildman–Crippen LogP) is 3.67. The van der Waals surface area contributed by atoms with Crippen LogP contribution in [0.3, 0.4) is 0 Å². The Balaban J connectivity index is 2.36. The van der Waals surface area contributed by atoms with Gasteiger partial charge >= 0.3 is 0 Å². The van der Waals surface area contributed by atoms with Crippen molar-refractivity contribution < 1.29 is 4.74 Å². The van der Waals surface area contributed by atoms with Crippen molar-refractivity contribution in [1.82, 2.24) is 5.32 Å². The van der Waals surface area contributed by atoms with E-state index in [0.29, 0.717) is 12.6 Å². The molecule has 1 aromatic carbocycles. The lowest BCUT2D eigenvalue weighted by Gasteiger charge is -2.12. The van der Waals surface area contributed by atoms with Crippen molar-refractivity contribution >= 4 is 11.6 Å². The number of benzene rings is 1. The Morgan fingerprint density at radius 1 is 1.35 bits per heavy atom. The standard InChI is InChI=1S/C14H22ClNO/c1-4-11(3)16-8-9-17-13-6-7-14(15)12(5-2)10-13/h6-7,10-11,16H,4-5,8-9H2,1-3H3. The van der Waals surface area contributed by atoms with Crippen molar-refractivity contribution in [3.63, 3.8) is 0 Å². The first kappa shape index (κ1) is 14.3. The molecule has 0 heterocycles. The maximum atomic E-state index is 6.05. The van der Waals surface area contributed by atoms with E-state index in [4.69, 9.17) is 16.3 Å². The van der Waals surface area contributed by atoms with Crippen LogP contribution in [-0.4, -0.2) is 19.2 Å². The van der Waals surface area contributed by atoms with Crippen molar-refractivity contribution in [3.05, 3.63) is 28.8 Å². The normalized spacial score (nSPS) is 12.5. The van der Waals surface area contributed by atoms with Crippen LogP contribution in [0.15, 0.2) is 18.2 Å². The van der Waals surface area contributed by atoms with E-state index in [-0.39, 0.29) is 0 Å². The Kier molecular flexibility index (Phi) is 6.38. The van der Waals surface area contributed by atoms with E-state index in [9.17, 15) is 0 Å². The highest BCUT2D eigenvalue weighted by atomic mass is 35.5. The molecule has 3 heteroatoms. The Morgan fingerprint density at radius 3 is 2.76 bits per heavy atom. The van der Waals surface area contributed by atoms with Gasteiger partial charge in [-0.2, -0.15) is 0 Å². The first-order chi connectivity index (χ1) is 8.17. The molecule has 0 aromatic heterocycles. The number of aryl methyl sites for hydroxylation is 1. The Hall–Kier alpha value is -0.730. The third-order valence-corrected chi connectivity index (χ3v) is 3.24. The fourth-order valence-electron chi connectivity index (χ4n) is 1.53. The molecular formula is C14H22ClNO. The van der Waals surface area contributed by atoms with Crippen LogP contribution in [0.5, 0.6) is 5.75 Å². The number of rotatable bonds is 7. The molecule has 0 bridgehead atoms. The van der Waals surface area contributed by atoms with Gasteiger partial charge in [0, 0.05) is 17.6 Å². The summed E-state index contributed by atoms with van der Waals surface area (Å²) in [6.07, 6.45) is 2.07. The molecule has 0 aliphatic heterocycles. The second kappa shape index (κ2) is 7.57. The molecule has 0 aliphatic carbocycles. The molecule has 1 atom stereocenters. The molecule has 0 radical (unpaired) electrons. The molecule has 0 amide bonds. The SMILES string of the molecule is CCc1cc(OCCNC(C)CC)ccc1Cl. The van der Waals surface area contributed by atoms with Gasteiger partial charge in [0.05, 0.1) is 0 Å². The highest BCUT2D eigenvalue weighted by Gasteiger charge is 2.01. The molecule has 1 unspecified atom stereocenters. The van der Waals surface area contributed by atoms with Crippen molar-refractivity contribution in [3.8, 4) is 5.75 Å². The lowest BCUT2D eigenvalue weighted by molar-refractivity contribution is 0.306. The lowest BCUT2D eigenvalue weighted by atomic mass is 10.1. The maximum Gasteiger partial charge on any atom is 0.119 e. The molecule has 0 aliphatic rings. The summed E-state index contributed by atoms with van der Waals surface area (Å²) in [5, 5.41) is 4.21. The van der Waals surface area contributed by atoms with Crippen LogP contribution in [0.1, 0.15) is 32.8 Å². The summed E-state index contributed by atoms with van der Waals surface area (Å²) in [5.74, 6) is 0.900. The predicted molar refractivity (Wildman–Crippen MR) is 74.1 cm³/mol. The maximum absolute atomic E-state index is 6.05. The number of halogens is 1. The van der Waals surface area contributed by atoms with E-state index in [2.05, 4.69) is 26.1 Å². The average molecular weight is 256 g/mol. The highest BCUT2D eigenvalue weighted by molar-refractivity contribution is 6.31. The highest BCUT2D eigenvalue weighted by Crippen LogP contribution is 2.22. The molecule has 0 spiro atoms. The summed E-state index contributed by atoms with van der Waals surface area (Å²) in [5.41, 5.74) is 1.14. The summed E-state index contributed by atoms with van der Waals surface area (Å²) < 4.78 is 5.68. The molecule has 2 nitrogen and oxygen atoms in total. The van der Waals surface area contributed by atoms with Crippen LogP contribution >= 0.6 is 11.6 Å². The van der Waals surface area contributed by atoms with Crippen LogP contribution in [0.25, 0.3) is 0 Å². The van der Waals surface area contributed by atoms with E-state index >= 15 is 0 Å². The number of hydrogen-bond donors (Lipinski definition) is 1. The van der Waals surface area contributed by atoms with Crippen molar-refractivity contribution in [2.75, 3.05) is 13.2 Å². The number of nitrogens with one attached hydrogen (secondary N) is 1. The molecule has 1 aromatic rings. The van der Waals surface area contributed by atoms with E-state index in [1.54, 1.807) is 0 Å². The summed E-state index contributed by atoms with van der Waals surface area (Å²) >= 11 is 6.05. The van der Waals surface area contributed by atoms with Crippen LogP contribution in [0, 0.1) is 0 Å². The molecule has 1 N–H and O–H groups in total. The van der Waals surface area contributed by atoms with Gasteiger partial charge in [0.1, 0.15) is 12.4 Å². The first-order valence-corrected chi connectivity index (χ1v) is 6.69. The van der Waals surface area contributed by atoms with Gasteiger partial charge in [-0.1, -0.05) is 25.4 Å². The Bertz CT molecular complexity index is 341. The second-order valence-electron chi connectivity index (χ2n) is 4.22. The van der Waals surface area contributed by atoms with Gasteiger partial charge in [0.15, 0.2) is 0 Å². The van der Waals surface area contributed by atoms with Gasteiger partial charge in [-0.3, -0.25) is 0 Å². The summed E-state index contributed by atoms with van der Waals surface area (Å²) in [6.45, 7) is 8.01. The van der Waals surface area contributed by atoms with Crippen molar-refractivity contribution in [1.29, 1.82) is 0 Å². The van der Waals surface area contributed by atoms with Gasteiger partial charge in [-0.15, -0.1) is 0 Å². The molecular weight excluding hydrogens is 234 g/mol. The zero-order chi connectivity index (χ0) is 12.7. The molecule has 0 fully saturated rings. The Morgan fingerprint density at radius 2 is 2.12 bits per heavy atom. The monoisotopic (exact) mass is 255 g/mol. The average Bonchev–Trinajstić information content (AvgIpc) is 2.36. The third-order valence-electron chi connectivity index (χ3n) is 2.87. The summed E-state index contributed by atoms with van der Waals surface area (Å²) in [7, 11) is 0. The number of hydrogen-bond acceptors (Lipinski definition) is 2. The van der Waals surface area contributed by atoms with E-state index < -0.39 is 0 Å². The summed E-state index contributed by atoms with van der Waals surface area (Å²) in [4.78, 5) is 0. The smallest absolute Gasteiger partial charge is 0.119 e. The van der Waals surface area contributed by atoms with Gasteiger partial charge < -0.3 is 10.1 Å². The van der Waals surface area contributed by atoms with Gasteiger partial charge in [-0.25, -0.2) is 0 Å². The minimum atomic E-state index is 0.551. The van der Waals surface area contributed by atoms with E-state index in [1.807, 2.05) is 18.2 Å².